The van der Waals surface area contributed by atoms with E-state index in [2.05, 4.69) is 0 Å². The maximum absolute atomic E-state index is 12.2. The zero-order valence-electron chi connectivity index (χ0n) is 12.7. The molecule has 0 radical (unpaired) electrons. The number of amides is 1. The molecule has 22 heavy (non-hydrogen) atoms. The topological polar surface area (TPSA) is 57.6 Å². The lowest BCUT2D eigenvalue weighted by atomic mass is 9.89. The van der Waals surface area contributed by atoms with Crippen molar-refractivity contribution in [1.29, 1.82) is 0 Å². The first-order valence-electron chi connectivity index (χ1n) is 7.79. The first-order valence-corrected chi connectivity index (χ1v) is 8.78. The number of aliphatic hydroxyl groups is 1. The Morgan fingerprint density at radius 1 is 1.45 bits per heavy atom. The highest BCUT2D eigenvalue weighted by Crippen LogP contribution is 2.34. The summed E-state index contributed by atoms with van der Waals surface area (Å²) in [6.07, 6.45) is 2.90. The standard InChI is InChI=1S/C17H21NO3S/c1-11(19)22-10-12-7-17(21)18(9-12)14-6-5-13-3-2-4-16(20)15(13)8-14/h5-6,8,12,16,20H,2-4,7,9-10H2,1H3. The van der Waals surface area contributed by atoms with Gasteiger partial charge in [-0.1, -0.05) is 17.8 Å². The van der Waals surface area contributed by atoms with Crippen LogP contribution in [0.4, 0.5) is 5.69 Å². The molecule has 2 unspecified atom stereocenters. The molecule has 1 saturated heterocycles. The van der Waals surface area contributed by atoms with Gasteiger partial charge >= 0.3 is 0 Å². The summed E-state index contributed by atoms with van der Waals surface area (Å²) in [4.78, 5) is 25.1. The first kappa shape index (κ1) is 15.6. The number of thioether (sulfide) groups is 1. The fourth-order valence-electron chi connectivity index (χ4n) is 3.31. The number of nitrogens with zero attached hydrogens (tertiary/aromatic N) is 1. The summed E-state index contributed by atoms with van der Waals surface area (Å²) in [6, 6.07) is 5.99. The third-order valence-electron chi connectivity index (χ3n) is 4.45. The zero-order valence-corrected chi connectivity index (χ0v) is 13.6. The van der Waals surface area contributed by atoms with Crippen LogP contribution in [0.2, 0.25) is 0 Å². The Labute approximate surface area is 134 Å². The van der Waals surface area contributed by atoms with Crippen LogP contribution in [0.15, 0.2) is 18.2 Å². The molecular formula is C17H21NO3S. The number of aliphatic hydroxyl groups excluding tert-OH is 1. The number of carbonyl (C=O) groups excluding carboxylic acids is 2. The lowest BCUT2D eigenvalue weighted by molar-refractivity contribution is -0.117. The molecule has 1 amide bonds. The zero-order chi connectivity index (χ0) is 15.7. The van der Waals surface area contributed by atoms with Crippen molar-refractivity contribution in [2.45, 2.75) is 38.7 Å². The van der Waals surface area contributed by atoms with Gasteiger partial charge in [-0.2, -0.15) is 0 Å². The number of anilines is 1. The smallest absolute Gasteiger partial charge is 0.227 e. The molecule has 1 aliphatic carbocycles. The Kier molecular flexibility index (Phi) is 4.54. The number of rotatable bonds is 3. The van der Waals surface area contributed by atoms with Gasteiger partial charge in [0.05, 0.1) is 6.10 Å². The molecule has 118 valence electrons. The van der Waals surface area contributed by atoms with E-state index in [-0.39, 0.29) is 16.9 Å². The van der Waals surface area contributed by atoms with Crippen LogP contribution >= 0.6 is 11.8 Å². The Bertz CT molecular complexity index is 602. The Morgan fingerprint density at radius 2 is 2.27 bits per heavy atom. The number of fused-ring (bicyclic) bond motifs is 1. The van der Waals surface area contributed by atoms with Crippen molar-refractivity contribution in [2.24, 2.45) is 5.92 Å². The molecule has 0 saturated carbocycles. The molecule has 1 aromatic rings. The summed E-state index contributed by atoms with van der Waals surface area (Å²) in [5.41, 5.74) is 3.04. The third-order valence-corrected chi connectivity index (χ3v) is 5.50. The Hall–Kier alpha value is -1.33. The second-order valence-electron chi connectivity index (χ2n) is 6.17. The van der Waals surface area contributed by atoms with Gasteiger partial charge in [-0.25, -0.2) is 0 Å². The molecular weight excluding hydrogens is 298 g/mol. The highest BCUT2D eigenvalue weighted by molar-refractivity contribution is 8.13. The minimum Gasteiger partial charge on any atom is -0.388 e. The first-order chi connectivity index (χ1) is 10.5. The van der Waals surface area contributed by atoms with Crippen LogP contribution in [0.3, 0.4) is 0 Å². The van der Waals surface area contributed by atoms with Gasteiger partial charge in [0.25, 0.3) is 0 Å². The molecule has 0 aromatic heterocycles. The molecule has 0 bridgehead atoms. The van der Waals surface area contributed by atoms with Crippen LogP contribution in [0, 0.1) is 5.92 Å². The van der Waals surface area contributed by atoms with E-state index in [9.17, 15) is 14.7 Å². The summed E-state index contributed by atoms with van der Waals surface area (Å²) in [6.45, 7) is 2.22. The highest BCUT2D eigenvalue weighted by Gasteiger charge is 2.31. The summed E-state index contributed by atoms with van der Waals surface area (Å²) in [5.74, 6) is 1.03. The number of aryl methyl sites for hydroxylation is 1. The van der Waals surface area contributed by atoms with E-state index in [4.69, 9.17) is 0 Å². The van der Waals surface area contributed by atoms with E-state index in [1.807, 2.05) is 18.2 Å². The lowest BCUT2D eigenvalue weighted by Gasteiger charge is -2.24. The normalized spacial score (nSPS) is 24.5. The fraction of sp³-hybridized carbons (Fsp3) is 0.529. The van der Waals surface area contributed by atoms with Crippen molar-refractivity contribution in [3.63, 3.8) is 0 Å². The average Bonchev–Trinajstić information content (AvgIpc) is 2.86. The van der Waals surface area contributed by atoms with Crippen molar-refractivity contribution in [3.05, 3.63) is 29.3 Å². The second-order valence-corrected chi connectivity index (χ2v) is 7.37. The minimum absolute atomic E-state index is 0.0998. The number of benzene rings is 1. The largest absolute Gasteiger partial charge is 0.388 e. The van der Waals surface area contributed by atoms with E-state index in [0.29, 0.717) is 18.7 Å². The molecule has 2 aliphatic rings. The molecule has 3 rings (SSSR count). The van der Waals surface area contributed by atoms with Gasteiger partial charge in [0, 0.05) is 31.3 Å². The SMILES string of the molecule is CC(=O)SCC1CC(=O)N(c2ccc3c(c2)C(O)CCC3)C1. The molecule has 4 nitrogen and oxygen atoms in total. The summed E-state index contributed by atoms with van der Waals surface area (Å²) < 4.78 is 0. The van der Waals surface area contributed by atoms with Crippen LogP contribution < -0.4 is 4.90 Å². The van der Waals surface area contributed by atoms with Crippen molar-refractivity contribution in [2.75, 3.05) is 17.2 Å². The van der Waals surface area contributed by atoms with Gasteiger partial charge < -0.3 is 10.0 Å². The van der Waals surface area contributed by atoms with Crippen molar-refractivity contribution >= 4 is 28.5 Å². The van der Waals surface area contributed by atoms with Gasteiger partial charge in [0.2, 0.25) is 5.91 Å². The van der Waals surface area contributed by atoms with E-state index < -0.39 is 6.10 Å². The minimum atomic E-state index is -0.412. The monoisotopic (exact) mass is 319 g/mol. The van der Waals surface area contributed by atoms with Crippen molar-refractivity contribution in [3.8, 4) is 0 Å². The average molecular weight is 319 g/mol. The van der Waals surface area contributed by atoms with E-state index in [1.165, 1.54) is 17.3 Å². The summed E-state index contributed by atoms with van der Waals surface area (Å²) in [5, 5.41) is 10.2. The summed E-state index contributed by atoms with van der Waals surface area (Å²) in [7, 11) is 0. The summed E-state index contributed by atoms with van der Waals surface area (Å²) >= 11 is 1.29. The lowest BCUT2D eigenvalue weighted by Crippen LogP contribution is -2.25. The van der Waals surface area contributed by atoms with Crippen LogP contribution in [-0.2, 0) is 16.0 Å². The second kappa shape index (κ2) is 6.42. The van der Waals surface area contributed by atoms with Crippen molar-refractivity contribution in [1.82, 2.24) is 0 Å². The number of carbonyl (C=O) groups is 2. The molecule has 1 fully saturated rings. The van der Waals surface area contributed by atoms with E-state index >= 15 is 0 Å². The van der Waals surface area contributed by atoms with Crippen molar-refractivity contribution < 1.29 is 14.7 Å². The van der Waals surface area contributed by atoms with Gasteiger partial charge in [-0.15, -0.1) is 0 Å². The predicted molar refractivity (Wildman–Crippen MR) is 87.9 cm³/mol. The Morgan fingerprint density at radius 3 is 3.05 bits per heavy atom. The number of hydrogen-bond donors (Lipinski definition) is 1. The van der Waals surface area contributed by atoms with E-state index in [1.54, 1.807) is 11.8 Å². The Balaban J connectivity index is 1.75. The maximum atomic E-state index is 12.2. The van der Waals surface area contributed by atoms with Gasteiger partial charge in [0.15, 0.2) is 5.12 Å². The molecule has 1 aliphatic heterocycles. The number of hydrogen-bond acceptors (Lipinski definition) is 4. The predicted octanol–water partition coefficient (Wildman–Crippen LogP) is 2.69. The van der Waals surface area contributed by atoms with Crippen LogP contribution in [0.5, 0.6) is 0 Å². The van der Waals surface area contributed by atoms with Crippen LogP contribution in [-0.4, -0.2) is 28.4 Å². The maximum Gasteiger partial charge on any atom is 0.227 e. The molecule has 1 heterocycles. The van der Waals surface area contributed by atoms with Gasteiger partial charge in [-0.3, -0.25) is 9.59 Å². The third kappa shape index (κ3) is 3.20. The highest BCUT2D eigenvalue weighted by atomic mass is 32.2. The van der Waals surface area contributed by atoms with Crippen LogP contribution in [0.1, 0.15) is 43.4 Å². The van der Waals surface area contributed by atoms with E-state index in [0.717, 1.165) is 30.5 Å². The van der Waals surface area contributed by atoms with Gasteiger partial charge in [0.1, 0.15) is 0 Å². The molecule has 5 heteroatoms. The molecule has 0 spiro atoms. The van der Waals surface area contributed by atoms with Gasteiger partial charge in [-0.05, 0) is 48.4 Å². The molecule has 2 atom stereocenters. The fourth-order valence-corrected chi connectivity index (χ4v) is 4.00. The molecule has 1 aromatic carbocycles. The van der Waals surface area contributed by atoms with Crippen LogP contribution in [0.25, 0.3) is 0 Å². The quantitative estimate of drug-likeness (QED) is 0.930. The molecule has 1 N–H and O–H groups in total.